The molecule has 0 aromatic heterocycles. The predicted octanol–water partition coefficient (Wildman–Crippen LogP) is 1.54. The summed E-state index contributed by atoms with van der Waals surface area (Å²) in [7, 11) is 0. The lowest BCUT2D eigenvalue weighted by molar-refractivity contribution is 0.461. The Kier molecular flexibility index (Phi) is 4.09. The summed E-state index contributed by atoms with van der Waals surface area (Å²) in [4.78, 5) is 5.16. The fourth-order valence-electron chi connectivity index (χ4n) is 2.03. The monoisotopic (exact) mass is 168 g/mol. The Balaban J connectivity index is 2.32. The first-order valence-corrected chi connectivity index (χ1v) is 5.27. The maximum atomic E-state index is 2.58. The summed E-state index contributed by atoms with van der Waals surface area (Å²) in [5, 5.41) is 0. The minimum Gasteiger partial charge on any atom is -0.327 e. The van der Waals surface area contributed by atoms with Crippen LogP contribution in [-0.2, 0) is 0 Å². The largest absolute Gasteiger partial charge is 0.327 e. The van der Waals surface area contributed by atoms with Crippen molar-refractivity contribution < 1.29 is 0 Å². The second-order valence-electron chi connectivity index (χ2n) is 3.70. The normalized spacial score (nSPS) is 20.8. The lowest BCUT2D eigenvalue weighted by Gasteiger charge is -2.22. The van der Waals surface area contributed by atoms with Crippen molar-refractivity contribution in [2.45, 2.75) is 33.5 Å². The van der Waals surface area contributed by atoms with Gasteiger partial charge in [0.25, 0.3) is 0 Å². The molecule has 0 aromatic rings. The van der Waals surface area contributed by atoms with E-state index < -0.39 is 0 Å². The summed E-state index contributed by atoms with van der Waals surface area (Å²) in [6.07, 6.45) is 2.56. The van der Waals surface area contributed by atoms with Gasteiger partial charge in [-0.05, 0) is 25.9 Å². The summed E-state index contributed by atoms with van der Waals surface area (Å²) in [6.45, 7) is 12.6. The van der Waals surface area contributed by atoms with Crippen molar-refractivity contribution in [2.24, 2.45) is 0 Å². The minimum atomic E-state index is 0.685. The fraction of sp³-hybridized carbons (Fsp3) is 1.00. The highest BCUT2D eigenvalue weighted by atomic mass is 15.3. The first-order chi connectivity index (χ1) is 5.79. The number of nitrogens with zero attached hydrogens (tertiary/aromatic N) is 2. The van der Waals surface area contributed by atoms with Crippen molar-refractivity contribution in [3.05, 3.63) is 0 Å². The van der Waals surface area contributed by atoms with Crippen LogP contribution >= 0.6 is 0 Å². The highest BCUT2D eigenvalue weighted by molar-refractivity contribution is 6.51. The smallest absolute Gasteiger partial charge is 0.307 e. The molecule has 0 saturated carbocycles. The quantitative estimate of drug-likeness (QED) is 0.587. The fourth-order valence-corrected chi connectivity index (χ4v) is 2.03. The van der Waals surface area contributed by atoms with Crippen LogP contribution in [0.5, 0.6) is 0 Å². The van der Waals surface area contributed by atoms with Gasteiger partial charge in [-0.2, -0.15) is 0 Å². The van der Waals surface area contributed by atoms with Crippen LogP contribution in [0.3, 0.4) is 0 Å². The lowest BCUT2D eigenvalue weighted by Crippen LogP contribution is -2.41. The molecular formula is C9H21BN2. The average molecular weight is 168 g/mol. The minimum absolute atomic E-state index is 0.685. The highest BCUT2D eigenvalue weighted by Crippen LogP contribution is 2.10. The van der Waals surface area contributed by atoms with E-state index in [9.17, 15) is 0 Å². The van der Waals surface area contributed by atoms with Gasteiger partial charge >= 0.3 is 6.98 Å². The average Bonchev–Trinajstić information content (AvgIpc) is 2.38. The van der Waals surface area contributed by atoms with Gasteiger partial charge in [0.2, 0.25) is 0 Å². The van der Waals surface area contributed by atoms with Crippen molar-refractivity contribution in [2.75, 3.05) is 26.2 Å². The second-order valence-corrected chi connectivity index (χ2v) is 3.70. The van der Waals surface area contributed by atoms with Crippen molar-refractivity contribution in [1.82, 2.24) is 9.62 Å². The molecule has 0 unspecified atom stereocenters. The van der Waals surface area contributed by atoms with E-state index in [0.29, 0.717) is 6.98 Å². The van der Waals surface area contributed by atoms with Crippen LogP contribution in [0.25, 0.3) is 0 Å². The Morgan fingerprint density at radius 1 is 1.00 bits per heavy atom. The van der Waals surface area contributed by atoms with E-state index in [4.69, 9.17) is 0 Å². The Morgan fingerprint density at radius 2 is 1.42 bits per heavy atom. The second kappa shape index (κ2) is 4.88. The van der Waals surface area contributed by atoms with Crippen LogP contribution in [0.4, 0.5) is 0 Å². The molecule has 1 fully saturated rings. The Labute approximate surface area is 77.0 Å². The molecule has 0 spiro atoms. The summed E-state index contributed by atoms with van der Waals surface area (Å²) in [5.41, 5.74) is 0. The summed E-state index contributed by atoms with van der Waals surface area (Å²) in [6, 6.07) is 0. The van der Waals surface area contributed by atoms with Crippen molar-refractivity contribution in [3.8, 4) is 0 Å². The Morgan fingerprint density at radius 3 is 1.75 bits per heavy atom. The van der Waals surface area contributed by atoms with Crippen molar-refractivity contribution in [1.29, 1.82) is 0 Å². The maximum Gasteiger partial charge on any atom is 0.307 e. The van der Waals surface area contributed by atoms with Crippen molar-refractivity contribution >= 4 is 6.98 Å². The van der Waals surface area contributed by atoms with Gasteiger partial charge in [-0.1, -0.05) is 20.7 Å². The molecule has 0 N–H and O–H groups in total. The van der Waals surface area contributed by atoms with Gasteiger partial charge in [0.05, 0.1) is 0 Å². The third kappa shape index (κ3) is 2.24. The summed E-state index contributed by atoms with van der Waals surface area (Å²) < 4.78 is 0. The first-order valence-electron chi connectivity index (χ1n) is 5.27. The molecule has 1 saturated heterocycles. The van der Waals surface area contributed by atoms with Gasteiger partial charge in [-0.25, -0.2) is 0 Å². The Hall–Kier alpha value is -0.0151. The van der Waals surface area contributed by atoms with E-state index in [1.54, 1.807) is 0 Å². The van der Waals surface area contributed by atoms with Gasteiger partial charge in [0, 0.05) is 13.1 Å². The molecule has 1 aliphatic heterocycles. The molecule has 0 atom stereocenters. The molecule has 2 nitrogen and oxygen atoms in total. The number of hydrogen-bond acceptors (Lipinski definition) is 2. The van der Waals surface area contributed by atoms with Crippen LogP contribution < -0.4 is 0 Å². The van der Waals surface area contributed by atoms with Crippen LogP contribution in [0, 0.1) is 0 Å². The van der Waals surface area contributed by atoms with E-state index in [1.807, 2.05) is 0 Å². The maximum absolute atomic E-state index is 2.58. The first kappa shape index (κ1) is 10.1. The molecule has 1 rings (SSSR count). The molecule has 70 valence electrons. The SMILES string of the molecule is CCCN1CCN(CCC)B1C. The zero-order chi connectivity index (χ0) is 8.97. The van der Waals surface area contributed by atoms with E-state index in [1.165, 1.54) is 39.0 Å². The molecule has 1 aliphatic rings. The molecular weight excluding hydrogens is 147 g/mol. The molecule has 0 aromatic carbocycles. The van der Waals surface area contributed by atoms with Crippen molar-refractivity contribution in [3.63, 3.8) is 0 Å². The van der Waals surface area contributed by atoms with Gasteiger partial charge < -0.3 is 9.62 Å². The predicted molar refractivity (Wildman–Crippen MR) is 55.3 cm³/mol. The standard InChI is InChI=1S/C9H21BN2/c1-4-6-11-8-9-12(7-5-2)10(11)3/h4-9H2,1-3H3. The molecule has 0 amide bonds. The number of hydrogen-bond donors (Lipinski definition) is 0. The van der Waals surface area contributed by atoms with Crippen LogP contribution in [0.1, 0.15) is 26.7 Å². The summed E-state index contributed by atoms with van der Waals surface area (Å²) in [5.74, 6) is 0. The lowest BCUT2D eigenvalue weighted by atomic mass is 9.77. The van der Waals surface area contributed by atoms with Gasteiger partial charge in [0.1, 0.15) is 0 Å². The number of rotatable bonds is 4. The van der Waals surface area contributed by atoms with E-state index in [0.717, 1.165) is 0 Å². The third-order valence-electron chi connectivity index (χ3n) is 2.75. The molecule has 0 bridgehead atoms. The highest BCUT2D eigenvalue weighted by Gasteiger charge is 2.30. The third-order valence-corrected chi connectivity index (χ3v) is 2.75. The van der Waals surface area contributed by atoms with Gasteiger partial charge in [-0.15, -0.1) is 0 Å². The molecule has 0 radical (unpaired) electrons. The van der Waals surface area contributed by atoms with E-state index in [2.05, 4.69) is 30.3 Å². The van der Waals surface area contributed by atoms with Gasteiger partial charge in [-0.3, -0.25) is 0 Å². The molecule has 12 heavy (non-hydrogen) atoms. The summed E-state index contributed by atoms with van der Waals surface area (Å²) >= 11 is 0. The van der Waals surface area contributed by atoms with E-state index in [-0.39, 0.29) is 0 Å². The molecule has 0 aliphatic carbocycles. The van der Waals surface area contributed by atoms with Crippen LogP contribution in [0.2, 0.25) is 6.82 Å². The van der Waals surface area contributed by atoms with Gasteiger partial charge in [0.15, 0.2) is 0 Å². The molecule has 1 heterocycles. The van der Waals surface area contributed by atoms with Crippen LogP contribution in [0.15, 0.2) is 0 Å². The topological polar surface area (TPSA) is 6.48 Å². The zero-order valence-electron chi connectivity index (χ0n) is 8.71. The zero-order valence-corrected chi connectivity index (χ0v) is 8.71. The van der Waals surface area contributed by atoms with Crippen LogP contribution in [-0.4, -0.2) is 42.8 Å². The molecule has 3 heteroatoms. The Bertz CT molecular complexity index is 116. The van der Waals surface area contributed by atoms with E-state index >= 15 is 0 Å².